The van der Waals surface area contributed by atoms with Crippen molar-refractivity contribution in [3.63, 3.8) is 0 Å². The van der Waals surface area contributed by atoms with E-state index in [2.05, 4.69) is 10.4 Å². The van der Waals surface area contributed by atoms with Gasteiger partial charge in [0.1, 0.15) is 17.7 Å². The quantitative estimate of drug-likeness (QED) is 0.361. The Morgan fingerprint density at radius 2 is 1.77 bits per heavy atom. The maximum Gasteiger partial charge on any atom is 0.226 e. The molecule has 8 heteroatoms. The van der Waals surface area contributed by atoms with E-state index in [1.54, 1.807) is 42.1 Å². The van der Waals surface area contributed by atoms with Crippen LogP contribution in [0.4, 0.5) is 13.2 Å². The third-order valence-electron chi connectivity index (χ3n) is 6.51. The molecule has 0 aliphatic heterocycles. The van der Waals surface area contributed by atoms with Gasteiger partial charge in [-0.3, -0.25) is 4.79 Å². The van der Waals surface area contributed by atoms with Gasteiger partial charge in [0.2, 0.25) is 5.91 Å². The van der Waals surface area contributed by atoms with E-state index in [-0.39, 0.29) is 17.1 Å². The zero-order valence-corrected chi connectivity index (χ0v) is 19.3. The second-order valence-corrected chi connectivity index (χ2v) is 9.29. The van der Waals surface area contributed by atoms with E-state index < -0.39 is 23.8 Å². The van der Waals surface area contributed by atoms with Crippen molar-refractivity contribution in [1.82, 2.24) is 15.1 Å². The predicted molar refractivity (Wildman–Crippen MR) is 126 cm³/mol. The topological polar surface area (TPSA) is 56.1 Å². The van der Waals surface area contributed by atoms with Gasteiger partial charge < -0.3 is 10.1 Å². The molecule has 0 bridgehead atoms. The van der Waals surface area contributed by atoms with Gasteiger partial charge >= 0.3 is 0 Å². The van der Waals surface area contributed by atoms with Gasteiger partial charge in [0, 0.05) is 10.8 Å². The molecule has 5 rings (SSSR count). The number of benzene rings is 3. The fourth-order valence-electron chi connectivity index (χ4n) is 4.04. The fraction of sp³-hybridized carbons (Fsp3) is 0.259. The molecule has 4 aromatic rings. The van der Waals surface area contributed by atoms with Gasteiger partial charge in [-0.15, -0.1) is 0 Å². The lowest BCUT2D eigenvalue weighted by atomic mass is 10.0. The lowest BCUT2D eigenvalue weighted by Gasteiger charge is -2.27. The van der Waals surface area contributed by atoms with Crippen LogP contribution in [0.5, 0.6) is 5.75 Å². The van der Waals surface area contributed by atoms with Crippen LogP contribution in [-0.2, 0) is 4.79 Å². The highest BCUT2D eigenvalue weighted by molar-refractivity contribution is 5.85. The molecule has 1 aliphatic carbocycles. The number of fused-ring (bicyclic) bond motifs is 1. The summed E-state index contributed by atoms with van der Waals surface area (Å²) in [6.45, 7) is 3.68. The number of rotatable bonds is 7. The highest BCUT2D eigenvalue weighted by Crippen LogP contribution is 2.45. The first kappa shape index (κ1) is 23.0. The minimum atomic E-state index is -0.986. The molecule has 35 heavy (non-hydrogen) atoms. The maximum absolute atomic E-state index is 14.0. The first-order chi connectivity index (χ1) is 16.7. The molecule has 1 fully saturated rings. The Kier molecular flexibility index (Phi) is 5.75. The number of ether oxygens (including phenoxy) is 1. The van der Waals surface area contributed by atoms with Crippen LogP contribution in [0.2, 0.25) is 0 Å². The minimum Gasteiger partial charge on any atom is -0.484 e. The van der Waals surface area contributed by atoms with Crippen molar-refractivity contribution in [2.75, 3.05) is 0 Å². The number of nitrogens with one attached hydrogen (secondary N) is 1. The molecule has 5 nitrogen and oxygen atoms in total. The molecular weight excluding hydrogens is 455 g/mol. The van der Waals surface area contributed by atoms with Crippen LogP contribution in [0.15, 0.2) is 66.9 Å². The zero-order valence-electron chi connectivity index (χ0n) is 19.3. The molecule has 3 aromatic carbocycles. The number of nitrogens with zero attached hydrogens (tertiary/aromatic N) is 2. The number of carbonyl (C=O) groups excluding carboxylic acids is 1. The summed E-state index contributed by atoms with van der Waals surface area (Å²) in [5.74, 6) is -1.88. The predicted octanol–water partition coefficient (Wildman–Crippen LogP) is 5.87. The monoisotopic (exact) mass is 479 g/mol. The lowest BCUT2D eigenvalue weighted by molar-refractivity contribution is -0.127. The summed E-state index contributed by atoms with van der Waals surface area (Å²) in [7, 11) is 0. The van der Waals surface area contributed by atoms with Gasteiger partial charge in [-0.2, -0.15) is 5.10 Å². The molecule has 0 saturated heterocycles. The highest BCUT2D eigenvalue weighted by atomic mass is 19.2. The Morgan fingerprint density at radius 3 is 2.46 bits per heavy atom. The molecule has 180 valence electrons. The molecule has 1 aliphatic rings. The number of aromatic nitrogens is 2. The minimum absolute atomic E-state index is 0.0859. The Labute approximate surface area is 200 Å². The zero-order chi connectivity index (χ0) is 24.7. The molecule has 0 radical (unpaired) electrons. The SMILES string of the molecule is CC(NC(=O)C1(C)CC1)C(Oc1ccc2c(cnn2-c2ccc(F)cc2)c1)c1ccc(F)c(F)c1. The van der Waals surface area contributed by atoms with Crippen molar-refractivity contribution < 1.29 is 22.7 Å². The molecular formula is C27H24F3N3O2. The van der Waals surface area contributed by atoms with Crippen LogP contribution in [0.1, 0.15) is 38.4 Å². The van der Waals surface area contributed by atoms with E-state index in [1.165, 1.54) is 18.2 Å². The Hall–Kier alpha value is -3.81. The van der Waals surface area contributed by atoms with E-state index in [1.807, 2.05) is 13.0 Å². The first-order valence-electron chi connectivity index (χ1n) is 11.4. The van der Waals surface area contributed by atoms with E-state index >= 15 is 0 Å². The van der Waals surface area contributed by atoms with E-state index in [0.717, 1.165) is 35.9 Å². The summed E-state index contributed by atoms with van der Waals surface area (Å²) in [5, 5.41) is 8.15. The summed E-state index contributed by atoms with van der Waals surface area (Å²) >= 11 is 0. The normalized spacial score (nSPS) is 16.0. The first-order valence-corrected chi connectivity index (χ1v) is 11.4. The number of hydrogen-bond acceptors (Lipinski definition) is 3. The van der Waals surface area contributed by atoms with Crippen LogP contribution in [0, 0.1) is 22.9 Å². The maximum atomic E-state index is 14.0. The summed E-state index contributed by atoms with van der Waals surface area (Å²) in [6.07, 6.45) is 2.53. The third-order valence-corrected chi connectivity index (χ3v) is 6.51. The van der Waals surface area contributed by atoms with Gasteiger partial charge in [0.05, 0.1) is 23.4 Å². The van der Waals surface area contributed by atoms with E-state index in [0.29, 0.717) is 17.0 Å². The van der Waals surface area contributed by atoms with Gasteiger partial charge in [-0.05, 0) is 79.9 Å². The summed E-state index contributed by atoms with van der Waals surface area (Å²) in [6, 6.07) is 14.4. The molecule has 1 amide bonds. The van der Waals surface area contributed by atoms with Crippen molar-refractivity contribution >= 4 is 16.8 Å². The molecule has 1 heterocycles. The second-order valence-electron chi connectivity index (χ2n) is 9.29. The molecule has 2 atom stereocenters. The van der Waals surface area contributed by atoms with Crippen LogP contribution >= 0.6 is 0 Å². The Bertz CT molecular complexity index is 1400. The van der Waals surface area contributed by atoms with E-state index in [9.17, 15) is 18.0 Å². The molecule has 1 aromatic heterocycles. The largest absolute Gasteiger partial charge is 0.484 e. The third kappa shape index (κ3) is 4.60. The fourth-order valence-corrected chi connectivity index (χ4v) is 4.04. The van der Waals surface area contributed by atoms with Crippen LogP contribution < -0.4 is 10.1 Å². The molecule has 1 saturated carbocycles. The van der Waals surface area contributed by atoms with Crippen LogP contribution in [0.3, 0.4) is 0 Å². The van der Waals surface area contributed by atoms with Crippen molar-refractivity contribution in [2.45, 2.75) is 38.8 Å². The molecule has 1 N–H and O–H groups in total. The number of carbonyl (C=O) groups is 1. The molecule has 0 spiro atoms. The van der Waals surface area contributed by atoms with Crippen LogP contribution in [0.25, 0.3) is 16.6 Å². The van der Waals surface area contributed by atoms with Gasteiger partial charge in [-0.1, -0.05) is 13.0 Å². The van der Waals surface area contributed by atoms with Gasteiger partial charge in [0.25, 0.3) is 0 Å². The Balaban J connectivity index is 1.44. The Morgan fingerprint density at radius 1 is 1.03 bits per heavy atom. The van der Waals surface area contributed by atoms with Gasteiger partial charge in [0.15, 0.2) is 11.6 Å². The average Bonchev–Trinajstić information content (AvgIpc) is 3.46. The highest BCUT2D eigenvalue weighted by Gasteiger charge is 2.45. The number of hydrogen-bond donors (Lipinski definition) is 1. The van der Waals surface area contributed by atoms with Crippen molar-refractivity contribution in [3.8, 4) is 11.4 Å². The van der Waals surface area contributed by atoms with Crippen molar-refractivity contribution in [2.24, 2.45) is 5.41 Å². The number of halogens is 3. The summed E-state index contributed by atoms with van der Waals surface area (Å²) in [5.41, 5.74) is 1.51. The molecule has 2 unspecified atom stereocenters. The number of amides is 1. The lowest BCUT2D eigenvalue weighted by Crippen LogP contribution is -2.42. The van der Waals surface area contributed by atoms with Crippen molar-refractivity contribution in [1.29, 1.82) is 0 Å². The standard InChI is InChI=1S/C27H24F3N3O2/c1-16(32-26(34)27(2)11-12-27)25(17-3-9-22(29)23(30)14-17)35-21-8-10-24-18(13-21)15-31-33(24)20-6-4-19(28)5-7-20/h3-10,13-16,25H,11-12H2,1-2H3,(H,32,34). The van der Waals surface area contributed by atoms with Crippen LogP contribution in [-0.4, -0.2) is 21.7 Å². The van der Waals surface area contributed by atoms with Gasteiger partial charge in [-0.25, -0.2) is 17.9 Å². The van der Waals surface area contributed by atoms with Crippen molar-refractivity contribution in [3.05, 3.63) is 89.9 Å². The summed E-state index contributed by atoms with van der Waals surface area (Å²) in [4.78, 5) is 12.6. The smallest absolute Gasteiger partial charge is 0.226 e. The second kappa shape index (κ2) is 8.76. The van der Waals surface area contributed by atoms with E-state index in [4.69, 9.17) is 4.74 Å². The average molecular weight is 480 g/mol. The summed E-state index contributed by atoms with van der Waals surface area (Å²) < 4.78 is 48.9.